The first-order chi connectivity index (χ1) is 9.92. The number of hydrogen-bond acceptors (Lipinski definition) is 3. The summed E-state index contributed by atoms with van der Waals surface area (Å²) in [6.45, 7) is -0.823. The molecule has 1 heterocycles. The van der Waals surface area contributed by atoms with Crippen molar-refractivity contribution in [1.29, 1.82) is 0 Å². The summed E-state index contributed by atoms with van der Waals surface area (Å²) in [7, 11) is 0. The predicted octanol–water partition coefficient (Wildman–Crippen LogP) is 3.08. The van der Waals surface area contributed by atoms with Crippen LogP contribution in [0.25, 0.3) is 0 Å². The summed E-state index contributed by atoms with van der Waals surface area (Å²) in [6, 6.07) is 3.14. The number of alkyl halides is 3. The van der Waals surface area contributed by atoms with Crippen LogP contribution in [-0.4, -0.2) is 30.1 Å². The van der Waals surface area contributed by atoms with E-state index in [9.17, 15) is 18.0 Å². The zero-order valence-electron chi connectivity index (χ0n) is 11.9. The lowest BCUT2D eigenvalue weighted by molar-refractivity contribution is -0.162. The number of carbonyl (C=O) groups excluding carboxylic acids is 1. The molecular formula is C14H21F3N2O2. The molecule has 1 rings (SSSR count). The maximum absolute atomic E-state index is 12.5. The normalized spacial score (nSPS) is 11.6. The first-order valence-corrected chi connectivity index (χ1v) is 6.99. The van der Waals surface area contributed by atoms with Gasteiger partial charge in [0.15, 0.2) is 0 Å². The van der Waals surface area contributed by atoms with Crippen LogP contribution in [0, 0.1) is 0 Å². The summed E-state index contributed by atoms with van der Waals surface area (Å²) in [5, 5.41) is 0. The number of carbonyl (C=O) groups is 1. The van der Waals surface area contributed by atoms with Crippen LogP contribution in [0.15, 0.2) is 22.8 Å². The van der Waals surface area contributed by atoms with Crippen molar-refractivity contribution in [3.63, 3.8) is 0 Å². The third kappa shape index (κ3) is 7.75. The topological polar surface area (TPSA) is 59.5 Å². The molecule has 21 heavy (non-hydrogen) atoms. The van der Waals surface area contributed by atoms with Crippen molar-refractivity contribution in [3.8, 4) is 0 Å². The van der Waals surface area contributed by atoms with Gasteiger partial charge in [-0.25, -0.2) is 0 Å². The molecule has 0 bridgehead atoms. The number of hydrogen-bond donors (Lipinski definition) is 1. The second-order valence-electron chi connectivity index (χ2n) is 4.90. The summed E-state index contributed by atoms with van der Waals surface area (Å²) in [6.07, 6.45) is 0.199. The summed E-state index contributed by atoms with van der Waals surface area (Å²) in [4.78, 5) is 12.7. The number of unbranched alkanes of at least 4 members (excludes halogenated alkanes) is 3. The number of halogens is 3. The molecule has 7 heteroatoms. The highest BCUT2D eigenvalue weighted by atomic mass is 19.4. The highest BCUT2D eigenvalue weighted by Crippen LogP contribution is 2.19. The van der Waals surface area contributed by atoms with Crippen molar-refractivity contribution in [2.24, 2.45) is 5.73 Å². The van der Waals surface area contributed by atoms with Gasteiger partial charge in [-0.3, -0.25) is 4.79 Å². The maximum atomic E-state index is 12.5. The van der Waals surface area contributed by atoms with Crippen molar-refractivity contribution in [2.45, 2.75) is 44.8 Å². The van der Waals surface area contributed by atoms with Crippen molar-refractivity contribution in [1.82, 2.24) is 4.90 Å². The first-order valence-electron chi connectivity index (χ1n) is 6.99. The molecule has 0 aliphatic carbocycles. The van der Waals surface area contributed by atoms with E-state index in [4.69, 9.17) is 10.2 Å². The van der Waals surface area contributed by atoms with Crippen LogP contribution in [0.5, 0.6) is 0 Å². The Kier molecular flexibility index (Phi) is 7.28. The fourth-order valence-corrected chi connectivity index (χ4v) is 1.97. The van der Waals surface area contributed by atoms with Crippen molar-refractivity contribution >= 4 is 5.91 Å². The van der Waals surface area contributed by atoms with Gasteiger partial charge in [0, 0.05) is 6.42 Å². The van der Waals surface area contributed by atoms with Crippen LogP contribution < -0.4 is 5.73 Å². The molecule has 0 radical (unpaired) electrons. The lowest BCUT2D eigenvalue weighted by Crippen LogP contribution is -2.38. The third-order valence-electron chi connectivity index (χ3n) is 2.99. The van der Waals surface area contributed by atoms with Gasteiger partial charge >= 0.3 is 6.18 Å². The van der Waals surface area contributed by atoms with Crippen LogP contribution in [0.3, 0.4) is 0 Å². The van der Waals surface area contributed by atoms with Gasteiger partial charge in [0.05, 0.1) is 12.8 Å². The number of furan rings is 1. The van der Waals surface area contributed by atoms with E-state index >= 15 is 0 Å². The van der Waals surface area contributed by atoms with E-state index in [1.807, 2.05) is 0 Å². The fourth-order valence-electron chi connectivity index (χ4n) is 1.97. The average molecular weight is 306 g/mol. The van der Waals surface area contributed by atoms with Crippen molar-refractivity contribution < 1.29 is 22.4 Å². The Morgan fingerprint density at radius 1 is 1.24 bits per heavy atom. The quantitative estimate of drug-likeness (QED) is 0.713. The highest BCUT2D eigenvalue weighted by molar-refractivity contribution is 5.76. The van der Waals surface area contributed by atoms with Gasteiger partial charge in [-0.2, -0.15) is 13.2 Å². The molecule has 120 valence electrons. The smallest absolute Gasteiger partial charge is 0.406 e. The van der Waals surface area contributed by atoms with E-state index in [2.05, 4.69) is 0 Å². The van der Waals surface area contributed by atoms with Gasteiger partial charge in [-0.1, -0.05) is 12.8 Å². The van der Waals surface area contributed by atoms with E-state index in [0.29, 0.717) is 18.7 Å². The summed E-state index contributed by atoms with van der Waals surface area (Å²) >= 11 is 0. The van der Waals surface area contributed by atoms with Gasteiger partial charge in [0.2, 0.25) is 5.91 Å². The molecule has 0 aromatic carbocycles. The van der Waals surface area contributed by atoms with Crippen LogP contribution in [0.1, 0.15) is 37.9 Å². The minimum absolute atomic E-state index is 0.112. The molecule has 2 N–H and O–H groups in total. The summed E-state index contributed by atoms with van der Waals surface area (Å²) < 4.78 is 42.6. The fraction of sp³-hybridized carbons (Fsp3) is 0.643. The second-order valence-corrected chi connectivity index (χ2v) is 4.90. The van der Waals surface area contributed by atoms with Gasteiger partial charge in [-0.05, 0) is 31.5 Å². The van der Waals surface area contributed by atoms with Gasteiger partial charge in [0.1, 0.15) is 12.3 Å². The molecule has 0 fully saturated rings. The van der Waals surface area contributed by atoms with Gasteiger partial charge in [-0.15, -0.1) is 0 Å². The molecule has 1 amide bonds. The van der Waals surface area contributed by atoms with E-state index in [0.717, 1.165) is 24.2 Å². The van der Waals surface area contributed by atoms with Crippen LogP contribution >= 0.6 is 0 Å². The van der Waals surface area contributed by atoms with Gasteiger partial charge < -0.3 is 15.1 Å². The monoisotopic (exact) mass is 306 g/mol. The van der Waals surface area contributed by atoms with Crippen LogP contribution in [0.2, 0.25) is 0 Å². The Labute approximate surface area is 122 Å². The SMILES string of the molecule is NCCCCCCC(=O)N(Cc1ccco1)CC(F)(F)F. The average Bonchev–Trinajstić information content (AvgIpc) is 2.89. The Morgan fingerprint density at radius 2 is 1.95 bits per heavy atom. The molecule has 0 unspecified atom stereocenters. The molecule has 1 aromatic rings. The molecule has 0 aliphatic rings. The maximum Gasteiger partial charge on any atom is 0.406 e. The van der Waals surface area contributed by atoms with E-state index < -0.39 is 18.6 Å². The standard InChI is InChI=1S/C14H21F3N2O2/c15-14(16,17)11-19(10-12-6-5-9-21-12)13(20)7-3-1-2-4-8-18/h5-6,9H,1-4,7-8,10-11,18H2. The lowest BCUT2D eigenvalue weighted by Gasteiger charge is -2.23. The molecule has 0 saturated heterocycles. The first kappa shape index (κ1) is 17.6. The molecule has 0 saturated carbocycles. The summed E-state index contributed by atoms with van der Waals surface area (Å²) in [5.74, 6) is -0.160. The zero-order chi connectivity index (χ0) is 15.7. The Bertz CT molecular complexity index is 405. The Hall–Kier alpha value is -1.50. The minimum atomic E-state index is -4.41. The van der Waals surface area contributed by atoms with Crippen LogP contribution in [-0.2, 0) is 11.3 Å². The number of amides is 1. The minimum Gasteiger partial charge on any atom is -0.467 e. The van der Waals surface area contributed by atoms with Crippen molar-refractivity contribution in [2.75, 3.05) is 13.1 Å². The third-order valence-corrected chi connectivity index (χ3v) is 2.99. The molecule has 0 aliphatic heterocycles. The number of nitrogens with zero attached hydrogens (tertiary/aromatic N) is 1. The van der Waals surface area contributed by atoms with Crippen molar-refractivity contribution in [3.05, 3.63) is 24.2 Å². The summed E-state index contributed by atoms with van der Waals surface area (Å²) in [5.41, 5.74) is 5.35. The predicted molar refractivity (Wildman–Crippen MR) is 72.3 cm³/mol. The second kappa shape index (κ2) is 8.71. The van der Waals surface area contributed by atoms with E-state index in [-0.39, 0.29) is 13.0 Å². The lowest BCUT2D eigenvalue weighted by atomic mass is 10.1. The highest BCUT2D eigenvalue weighted by Gasteiger charge is 2.33. The molecule has 0 atom stereocenters. The zero-order valence-corrected chi connectivity index (χ0v) is 11.9. The molecular weight excluding hydrogens is 285 g/mol. The molecule has 1 aromatic heterocycles. The van der Waals surface area contributed by atoms with E-state index in [1.165, 1.54) is 6.26 Å². The number of rotatable bonds is 9. The van der Waals surface area contributed by atoms with Gasteiger partial charge in [0.25, 0.3) is 0 Å². The Morgan fingerprint density at radius 3 is 2.52 bits per heavy atom. The molecule has 0 spiro atoms. The largest absolute Gasteiger partial charge is 0.467 e. The van der Waals surface area contributed by atoms with Crippen LogP contribution in [0.4, 0.5) is 13.2 Å². The Balaban J connectivity index is 2.48. The molecule has 4 nitrogen and oxygen atoms in total. The number of nitrogens with two attached hydrogens (primary N) is 1. The van der Waals surface area contributed by atoms with E-state index in [1.54, 1.807) is 12.1 Å².